The second-order valence-electron chi connectivity index (χ2n) is 9.71. The van der Waals surface area contributed by atoms with Crippen LogP contribution in [0, 0.1) is 0 Å². The Morgan fingerprint density at radius 1 is 1.03 bits per heavy atom. The first-order chi connectivity index (χ1) is 16.7. The van der Waals surface area contributed by atoms with E-state index in [1.807, 2.05) is 39.8 Å². The van der Waals surface area contributed by atoms with Crippen LogP contribution in [0.25, 0.3) is 0 Å². The monoisotopic (exact) mass is 555 g/mol. The lowest BCUT2D eigenvalue weighted by atomic mass is 10.1. The van der Waals surface area contributed by atoms with Gasteiger partial charge in [-0.25, -0.2) is 8.42 Å². The molecule has 0 saturated carbocycles. The molecule has 10 heteroatoms. The zero-order valence-corrected chi connectivity index (χ0v) is 24.0. The lowest BCUT2D eigenvalue weighted by molar-refractivity contribution is -0.141. The van der Waals surface area contributed by atoms with Gasteiger partial charge in [-0.1, -0.05) is 55.2 Å². The first-order valence-corrected chi connectivity index (χ1v) is 14.4. The van der Waals surface area contributed by atoms with Crippen LogP contribution in [0.2, 0.25) is 10.0 Å². The van der Waals surface area contributed by atoms with Crippen molar-refractivity contribution in [3.8, 4) is 0 Å². The van der Waals surface area contributed by atoms with Crippen LogP contribution in [0.4, 0.5) is 5.69 Å². The summed E-state index contributed by atoms with van der Waals surface area (Å²) in [5, 5.41) is 3.72. The average molecular weight is 557 g/mol. The number of hydrogen-bond acceptors (Lipinski definition) is 4. The summed E-state index contributed by atoms with van der Waals surface area (Å²) in [4.78, 5) is 28.3. The van der Waals surface area contributed by atoms with E-state index in [-0.39, 0.29) is 12.5 Å². The van der Waals surface area contributed by atoms with Crippen molar-refractivity contribution in [2.75, 3.05) is 17.1 Å². The number of amides is 2. The highest BCUT2D eigenvalue weighted by Crippen LogP contribution is 2.25. The Morgan fingerprint density at radius 3 is 2.11 bits per heavy atom. The maximum Gasteiger partial charge on any atom is 0.244 e. The zero-order valence-electron chi connectivity index (χ0n) is 21.6. The topological polar surface area (TPSA) is 86.8 Å². The lowest BCUT2D eigenvalue weighted by Gasteiger charge is -2.34. The van der Waals surface area contributed by atoms with Crippen LogP contribution in [0.15, 0.2) is 42.5 Å². The smallest absolute Gasteiger partial charge is 0.244 e. The first kappa shape index (κ1) is 29.9. The van der Waals surface area contributed by atoms with Crippen LogP contribution in [-0.4, -0.2) is 49.5 Å². The molecule has 0 aliphatic rings. The van der Waals surface area contributed by atoms with E-state index in [1.54, 1.807) is 37.3 Å². The van der Waals surface area contributed by atoms with Crippen molar-refractivity contribution in [2.45, 2.75) is 65.6 Å². The van der Waals surface area contributed by atoms with Gasteiger partial charge in [0.2, 0.25) is 21.8 Å². The zero-order chi connectivity index (χ0) is 27.3. The molecule has 36 heavy (non-hydrogen) atoms. The van der Waals surface area contributed by atoms with Crippen molar-refractivity contribution in [2.24, 2.45) is 0 Å². The summed E-state index contributed by atoms with van der Waals surface area (Å²) in [5.41, 5.74) is 1.49. The molecule has 2 amide bonds. The fourth-order valence-corrected chi connectivity index (χ4v) is 5.04. The molecule has 0 bridgehead atoms. The molecule has 2 rings (SSSR count). The number of benzene rings is 2. The van der Waals surface area contributed by atoms with Gasteiger partial charge in [-0.3, -0.25) is 13.9 Å². The van der Waals surface area contributed by atoms with Gasteiger partial charge in [0, 0.05) is 22.1 Å². The predicted octanol–water partition coefficient (Wildman–Crippen LogP) is 5.04. The fraction of sp³-hybridized carbons (Fsp3) is 0.462. The van der Waals surface area contributed by atoms with Crippen LogP contribution in [0.1, 0.15) is 52.2 Å². The Hall–Kier alpha value is -2.29. The molecule has 1 unspecified atom stereocenters. The average Bonchev–Trinajstić information content (AvgIpc) is 2.76. The third kappa shape index (κ3) is 8.39. The number of nitrogens with one attached hydrogen (secondary N) is 1. The van der Waals surface area contributed by atoms with Crippen LogP contribution in [-0.2, 0) is 32.6 Å². The van der Waals surface area contributed by atoms with E-state index in [2.05, 4.69) is 5.32 Å². The van der Waals surface area contributed by atoms with Gasteiger partial charge in [-0.05, 0) is 69.0 Å². The van der Waals surface area contributed by atoms with Gasteiger partial charge < -0.3 is 10.2 Å². The molecule has 0 radical (unpaired) electrons. The normalized spacial score (nSPS) is 12.7. The Morgan fingerprint density at radius 2 is 1.64 bits per heavy atom. The number of sulfonamides is 1. The minimum atomic E-state index is -3.79. The fourth-order valence-electron chi connectivity index (χ4n) is 3.72. The lowest BCUT2D eigenvalue weighted by Crippen LogP contribution is -2.55. The van der Waals surface area contributed by atoms with Crippen molar-refractivity contribution in [1.82, 2.24) is 10.2 Å². The Balaban J connectivity index is 2.48. The molecule has 0 aliphatic carbocycles. The minimum Gasteiger partial charge on any atom is -0.350 e. The highest BCUT2D eigenvalue weighted by atomic mass is 35.5. The maximum atomic E-state index is 13.7. The van der Waals surface area contributed by atoms with Crippen molar-refractivity contribution < 1.29 is 18.0 Å². The third-order valence-electron chi connectivity index (χ3n) is 5.55. The third-order valence-corrected chi connectivity index (χ3v) is 7.28. The van der Waals surface area contributed by atoms with Gasteiger partial charge in [0.25, 0.3) is 0 Å². The number of nitrogens with zero attached hydrogens (tertiary/aromatic N) is 2. The van der Waals surface area contributed by atoms with Crippen molar-refractivity contribution in [3.05, 3.63) is 63.6 Å². The molecule has 7 nitrogen and oxygen atoms in total. The summed E-state index contributed by atoms with van der Waals surface area (Å²) in [5.74, 6) is -0.858. The van der Waals surface area contributed by atoms with E-state index in [0.29, 0.717) is 27.7 Å². The molecule has 0 fully saturated rings. The van der Waals surface area contributed by atoms with Crippen molar-refractivity contribution in [1.29, 1.82) is 0 Å². The van der Waals surface area contributed by atoms with E-state index < -0.39 is 34.1 Å². The van der Waals surface area contributed by atoms with E-state index >= 15 is 0 Å². The van der Waals surface area contributed by atoms with Gasteiger partial charge in [-0.15, -0.1) is 0 Å². The molecule has 1 atom stereocenters. The highest BCUT2D eigenvalue weighted by molar-refractivity contribution is 7.92. The summed E-state index contributed by atoms with van der Waals surface area (Å²) in [6.45, 7) is 8.91. The molecule has 198 valence electrons. The molecule has 1 N–H and O–H groups in total. The van der Waals surface area contributed by atoms with Gasteiger partial charge in [0.05, 0.1) is 11.9 Å². The number of aryl methyl sites for hydroxylation is 1. The molecule has 0 spiro atoms. The Labute approximate surface area is 224 Å². The van der Waals surface area contributed by atoms with E-state index in [9.17, 15) is 18.0 Å². The predicted molar refractivity (Wildman–Crippen MR) is 147 cm³/mol. The number of anilines is 1. The summed E-state index contributed by atoms with van der Waals surface area (Å²) in [6.07, 6.45) is 2.18. The molecule has 0 saturated heterocycles. The van der Waals surface area contributed by atoms with E-state index in [4.69, 9.17) is 23.2 Å². The summed E-state index contributed by atoms with van der Waals surface area (Å²) >= 11 is 12.4. The van der Waals surface area contributed by atoms with Crippen LogP contribution >= 0.6 is 23.2 Å². The van der Waals surface area contributed by atoms with E-state index in [0.717, 1.165) is 22.5 Å². The largest absolute Gasteiger partial charge is 0.350 e. The van der Waals surface area contributed by atoms with Crippen LogP contribution < -0.4 is 9.62 Å². The maximum absolute atomic E-state index is 13.7. The minimum absolute atomic E-state index is 0.0112. The first-order valence-electron chi connectivity index (χ1n) is 11.8. The molecular formula is C26H35Cl2N3O4S. The van der Waals surface area contributed by atoms with Gasteiger partial charge in [0.15, 0.2) is 0 Å². The van der Waals surface area contributed by atoms with Crippen molar-refractivity contribution >= 4 is 50.7 Å². The summed E-state index contributed by atoms with van der Waals surface area (Å²) in [7, 11) is -3.79. The summed E-state index contributed by atoms with van der Waals surface area (Å²) in [6, 6.07) is 11.1. The van der Waals surface area contributed by atoms with Gasteiger partial charge in [-0.2, -0.15) is 0 Å². The van der Waals surface area contributed by atoms with Crippen molar-refractivity contribution in [3.63, 3.8) is 0 Å². The summed E-state index contributed by atoms with van der Waals surface area (Å²) < 4.78 is 26.4. The second-order valence-corrected chi connectivity index (χ2v) is 12.5. The van der Waals surface area contributed by atoms with E-state index in [1.165, 1.54) is 4.90 Å². The molecule has 0 aromatic heterocycles. The molecule has 2 aromatic rings. The number of carbonyl (C=O) groups is 2. The van der Waals surface area contributed by atoms with Gasteiger partial charge in [0.1, 0.15) is 12.6 Å². The SMILES string of the molecule is CCc1ccc(N(CC(=O)N(Cc2ccc(Cl)cc2Cl)C(CC)C(=O)NC(C)(C)C)S(C)(=O)=O)cc1. The highest BCUT2D eigenvalue weighted by Gasteiger charge is 2.33. The standard InChI is InChI=1S/C26H35Cl2N3O4S/c1-7-18-9-13-21(14-10-18)31(36(6,34)35)17-24(32)30(16-19-11-12-20(27)15-22(19)28)23(8-2)25(33)29-26(3,4)5/h9-15,23H,7-8,16-17H2,1-6H3,(H,29,33). The van der Waals surface area contributed by atoms with Crippen LogP contribution in [0.5, 0.6) is 0 Å². The number of carbonyl (C=O) groups excluding carboxylic acids is 2. The molecule has 0 heterocycles. The Bertz CT molecular complexity index is 1180. The second kappa shape index (κ2) is 12.3. The number of rotatable bonds is 10. The number of hydrogen-bond donors (Lipinski definition) is 1. The number of halogens is 2. The molecular weight excluding hydrogens is 521 g/mol. The molecule has 0 aliphatic heterocycles. The Kier molecular flexibility index (Phi) is 10.2. The van der Waals surface area contributed by atoms with Crippen LogP contribution in [0.3, 0.4) is 0 Å². The quantitative estimate of drug-likeness (QED) is 0.444. The molecule has 2 aromatic carbocycles. The van der Waals surface area contributed by atoms with Gasteiger partial charge >= 0.3 is 0 Å².